The zero-order chi connectivity index (χ0) is 24.5. The molecule has 0 aromatic carbocycles. The quantitative estimate of drug-likeness (QED) is 0.452. The predicted molar refractivity (Wildman–Crippen MR) is 138 cm³/mol. The highest BCUT2D eigenvalue weighted by molar-refractivity contribution is 6.52. The van der Waals surface area contributed by atoms with Crippen molar-refractivity contribution < 1.29 is 0 Å². The molecule has 178 valence electrons. The molecule has 0 amide bonds. The first-order valence-corrected chi connectivity index (χ1v) is 12.0. The maximum Gasteiger partial charge on any atom is 0.0956 e. The van der Waals surface area contributed by atoms with Crippen molar-refractivity contribution in [1.29, 1.82) is 10.7 Å². The van der Waals surface area contributed by atoms with Crippen LogP contribution in [0, 0.1) is 35.5 Å². The monoisotopic (exact) mass is 448 g/mol. The van der Waals surface area contributed by atoms with Gasteiger partial charge in [0.1, 0.15) is 0 Å². The SMILES string of the molecule is CCC(C)C.CN=C1C(=N)C=CC=C1C(/C(C#N)=C(\C)C1CCCN(C)C1)c1cn[nH]c1C. The molecule has 0 saturated carbocycles. The number of aromatic amines is 1. The molecular formula is C27H40N6. The van der Waals surface area contributed by atoms with Crippen molar-refractivity contribution in [3.63, 3.8) is 0 Å². The maximum absolute atomic E-state index is 10.2. The number of nitriles is 1. The van der Waals surface area contributed by atoms with Crippen molar-refractivity contribution in [3.05, 3.63) is 52.4 Å². The normalized spacial score (nSPS) is 21.8. The van der Waals surface area contributed by atoms with Crippen LogP contribution in [-0.4, -0.2) is 53.7 Å². The van der Waals surface area contributed by atoms with E-state index in [1.807, 2.05) is 19.1 Å². The number of likely N-dealkylation sites (tertiary alicyclic amines) is 1. The topological polar surface area (TPSA) is 91.9 Å². The Labute approximate surface area is 199 Å². The van der Waals surface area contributed by atoms with Crippen LogP contribution in [-0.2, 0) is 0 Å². The number of aryl methyl sites for hydroxylation is 1. The highest BCUT2D eigenvalue weighted by Gasteiger charge is 2.32. The van der Waals surface area contributed by atoms with Gasteiger partial charge in [-0.3, -0.25) is 15.5 Å². The van der Waals surface area contributed by atoms with Crippen LogP contribution in [0.5, 0.6) is 0 Å². The zero-order valence-electron chi connectivity index (χ0n) is 21.4. The van der Waals surface area contributed by atoms with Gasteiger partial charge in [0.05, 0.1) is 23.7 Å². The van der Waals surface area contributed by atoms with E-state index >= 15 is 0 Å². The minimum Gasteiger partial charge on any atom is -0.306 e. The fourth-order valence-electron chi connectivity index (χ4n) is 4.29. The Balaban J connectivity index is 0.000000696. The summed E-state index contributed by atoms with van der Waals surface area (Å²) in [6.45, 7) is 12.8. The Morgan fingerprint density at radius 2 is 2.12 bits per heavy atom. The van der Waals surface area contributed by atoms with E-state index in [9.17, 15) is 5.26 Å². The minimum atomic E-state index is -0.278. The van der Waals surface area contributed by atoms with Gasteiger partial charge in [0, 0.05) is 36.3 Å². The summed E-state index contributed by atoms with van der Waals surface area (Å²) in [5.74, 6) is 0.972. The Morgan fingerprint density at radius 1 is 1.42 bits per heavy atom. The summed E-state index contributed by atoms with van der Waals surface area (Å²) in [5, 5.41) is 25.7. The van der Waals surface area contributed by atoms with Crippen LogP contribution in [0.3, 0.4) is 0 Å². The summed E-state index contributed by atoms with van der Waals surface area (Å²) in [4.78, 5) is 6.71. The molecule has 2 unspecified atom stereocenters. The summed E-state index contributed by atoms with van der Waals surface area (Å²) in [5.41, 5.74) is 5.68. The molecule has 0 spiro atoms. The Morgan fingerprint density at radius 3 is 2.64 bits per heavy atom. The fourth-order valence-corrected chi connectivity index (χ4v) is 4.29. The van der Waals surface area contributed by atoms with Crippen molar-refractivity contribution in [3.8, 4) is 6.07 Å². The lowest BCUT2D eigenvalue weighted by atomic mass is 9.76. The molecule has 1 aromatic rings. The van der Waals surface area contributed by atoms with Gasteiger partial charge in [0.2, 0.25) is 0 Å². The van der Waals surface area contributed by atoms with Gasteiger partial charge in [0.15, 0.2) is 0 Å². The molecule has 1 aromatic heterocycles. The van der Waals surface area contributed by atoms with E-state index < -0.39 is 0 Å². The average molecular weight is 449 g/mol. The molecule has 2 aliphatic rings. The van der Waals surface area contributed by atoms with Gasteiger partial charge in [0.25, 0.3) is 0 Å². The predicted octanol–water partition coefficient (Wildman–Crippen LogP) is 5.62. The van der Waals surface area contributed by atoms with Crippen molar-refractivity contribution >= 4 is 11.4 Å². The average Bonchev–Trinajstić information content (AvgIpc) is 3.22. The Bertz CT molecular complexity index is 982. The van der Waals surface area contributed by atoms with Gasteiger partial charge in [-0.1, -0.05) is 44.9 Å². The number of nitrogens with zero attached hydrogens (tertiary/aromatic N) is 4. The Hall–Kier alpha value is -2.78. The van der Waals surface area contributed by atoms with Gasteiger partial charge in [-0.25, -0.2) is 0 Å². The second kappa shape index (κ2) is 12.5. The number of aromatic nitrogens is 2. The van der Waals surface area contributed by atoms with Gasteiger partial charge in [-0.2, -0.15) is 10.4 Å². The van der Waals surface area contributed by atoms with Crippen LogP contribution in [0.1, 0.15) is 64.1 Å². The third-order valence-electron chi connectivity index (χ3n) is 6.67. The number of allylic oxidation sites excluding steroid dienone is 5. The Kier molecular flexibility index (Phi) is 9.99. The molecule has 1 saturated heterocycles. The summed E-state index contributed by atoms with van der Waals surface area (Å²) in [6, 6.07) is 2.52. The van der Waals surface area contributed by atoms with E-state index in [0.717, 1.165) is 59.8 Å². The number of aliphatic imine (C=N–C) groups is 1. The molecule has 6 heteroatoms. The number of piperidine rings is 1. The molecule has 0 bridgehead atoms. The molecule has 6 nitrogen and oxygen atoms in total. The molecule has 1 aliphatic carbocycles. The lowest BCUT2D eigenvalue weighted by Crippen LogP contribution is -2.33. The van der Waals surface area contributed by atoms with Crippen LogP contribution in [0.2, 0.25) is 0 Å². The first-order valence-electron chi connectivity index (χ1n) is 12.0. The lowest BCUT2D eigenvalue weighted by Gasteiger charge is -2.32. The van der Waals surface area contributed by atoms with Crippen LogP contribution in [0.15, 0.2) is 46.1 Å². The van der Waals surface area contributed by atoms with Crippen LogP contribution < -0.4 is 0 Å². The highest BCUT2D eigenvalue weighted by Crippen LogP contribution is 2.39. The van der Waals surface area contributed by atoms with E-state index in [2.05, 4.69) is 60.9 Å². The van der Waals surface area contributed by atoms with Gasteiger partial charge >= 0.3 is 0 Å². The third kappa shape index (κ3) is 6.61. The zero-order valence-corrected chi connectivity index (χ0v) is 21.4. The van der Waals surface area contributed by atoms with Crippen molar-refractivity contribution in [1.82, 2.24) is 15.1 Å². The largest absolute Gasteiger partial charge is 0.306 e. The van der Waals surface area contributed by atoms with Gasteiger partial charge in [-0.15, -0.1) is 0 Å². The summed E-state index contributed by atoms with van der Waals surface area (Å²) < 4.78 is 0. The first kappa shape index (κ1) is 26.5. The second-order valence-electron chi connectivity index (χ2n) is 9.46. The number of rotatable bonds is 5. The molecule has 33 heavy (non-hydrogen) atoms. The van der Waals surface area contributed by atoms with E-state index in [-0.39, 0.29) is 5.92 Å². The number of hydrogen-bond acceptors (Lipinski definition) is 5. The molecule has 2 N–H and O–H groups in total. The van der Waals surface area contributed by atoms with Crippen molar-refractivity contribution in [2.45, 2.75) is 59.8 Å². The van der Waals surface area contributed by atoms with Gasteiger partial charge < -0.3 is 4.90 Å². The molecule has 1 fully saturated rings. The van der Waals surface area contributed by atoms with E-state index in [1.165, 1.54) is 6.42 Å². The van der Waals surface area contributed by atoms with Crippen LogP contribution in [0.4, 0.5) is 0 Å². The maximum atomic E-state index is 10.2. The summed E-state index contributed by atoms with van der Waals surface area (Å²) in [7, 11) is 3.84. The lowest BCUT2D eigenvalue weighted by molar-refractivity contribution is 0.230. The molecular weight excluding hydrogens is 408 g/mol. The van der Waals surface area contributed by atoms with Crippen molar-refractivity contribution in [2.75, 3.05) is 27.2 Å². The minimum absolute atomic E-state index is 0.278. The number of H-pyrrole nitrogens is 1. The summed E-state index contributed by atoms with van der Waals surface area (Å²) in [6.07, 6.45) is 10.9. The second-order valence-corrected chi connectivity index (χ2v) is 9.46. The van der Waals surface area contributed by atoms with Crippen LogP contribution in [0.25, 0.3) is 0 Å². The number of hydrogen-bond donors (Lipinski definition) is 2. The fraction of sp³-hybridized carbons (Fsp3) is 0.556. The molecule has 2 atom stereocenters. The van der Waals surface area contributed by atoms with E-state index in [4.69, 9.17) is 5.41 Å². The molecule has 3 rings (SSSR count). The molecule has 2 heterocycles. The summed E-state index contributed by atoms with van der Waals surface area (Å²) >= 11 is 0. The highest BCUT2D eigenvalue weighted by atomic mass is 15.1. The van der Waals surface area contributed by atoms with Crippen LogP contribution >= 0.6 is 0 Å². The molecule has 0 radical (unpaired) electrons. The van der Waals surface area contributed by atoms with E-state index in [0.29, 0.717) is 17.3 Å². The van der Waals surface area contributed by atoms with Gasteiger partial charge in [-0.05, 0) is 63.8 Å². The van der Waals surface area contributed by atoms with E-state index in [1.54, 1.807) is 19.3 Å². The third-order valence-corrected chi connectivity index (χ3v) is 6.67. The van der Waals surface area contributed by atoms with Crippen molar-refractivity contribution in [2.24, 2.45) is 16.8 Å². The number of nitrogens with one attached hydrogen (secondary N) is 2. The standard InChI is InChI=1S/C22H28N6.C5H12/c1-14(16-7-6-10-28(4)13-16)18(11-23)21(19-12-26-27-15(19)2)17-8-5-9-20(24)22(17)25-3;1-4-5(2)3/h5,8-9,12,16,21,24H,6-7,10,13H2,1-4H3,(H,26,27);5H,4H2,1-3H3/b18-14+,24-20?,25-22?;. The first-order chi connectivity index (χ1) is 15.7. The molecule has 1 aliphatic heterocycles. The smallest absolute Gasteiger partial charge is 0.0956 e.